The molecule has 9 aromatic rings. The van der Waals surface area contributed by atoms with Crippen LogP contribution < -0.4 is 14.2 Å². The topological polar surface area (TPSA) is 161 Å². The SMILES string of the molecule is CC(C)CC(O)c1cccc(COc2cccc3cccnc23)c1.CCCCC(O)c1ccc(COc2cccc3cccnc23)cc1.CCCCCC(O)c1cccc(COc2cccc3nc(S(=O)(=O)CC)sc23)c1. The molecule has 6 aromatic carbocycles. The van der Waals surface area contributed by atoms with Crippen molar-refractivity contribution in [1.82, 2.24) is 15.0 Å². The van der Waals surface area contributed by atoms with Gasteiger partial charge in [0.1, 0.15) is 48.1 Å². The summed E-state index contributed by atoms with van der Waals surface area (Å²) in [5.41, 5.74) is 8.27. The molecule has 0 fully saturated rings. The summed E-state index contributed by atoms with van der Waals surface area (Å²) in [6.45, 7) is 11.4. The maximum Gasteiger partial charge on any atom is 0.210 e. The second-order valence-electron chi connectivity index (χ2n) is 19.6. The number of rotatable bonds is 23. The first-order valence-corrected chi connectivity index (χ1v) is 29.3. The summed E-state index contributed by atoms with van der Waals surface area (Å²) >= 11 is 1.15. The molecule has 13 heteroatoms. The predicted molar refractivity (Wildman–Crippen MR) is 311 cm³/mol. The van der Waals surface area contributed by atoms with Crippen molar-refractivity contribution in [3.63, 3.8) is 0 Å². The third-order valence-corrected chi connectivity index (χ3v) is 16.3. The molecule has 0 radical (unpaired) electrons. The van der Waals surface area contributed by atoms with Crippen molar-refractivity contribution >= 4 is 53.2 Å². The van der Waals surface area contributed by atoms with Crippen molar-refractivity contribution in [1.29, 1.82) is 0 Å². The Bertz CT molecular complexity index is 3350. The smallest absolute Gasteiger partial charge is 0.210 e. The number of thiazole rings is 1. The number of sulfone groups is 1. The normalized spacial score (nSPS) is 12.6. The Morgan fingerprint density at radius 3 is 1.58 bits per heavy atom. The first-order valence-electron chi connectivity index (χ1n) is 26.8. The second kappa shape index (κ2) is 29.1. The Balaban J connectivity index is 0.000000169. The summed E-state index contributed by atoms with van der Waals surface area (Å²) in [4.78, 5) is 13.1. The van der Waals surface area contributed by atoms with Crippen LogP contribution >= 0.6 is 11.3 Å². The minimum Gasteiger partial charge on any atom is -0.487 e. The molecule has 77 heavy (non-hydrogen) atoms. The van der Waals surface area contributed by atoms with Gasteiger partial charge in [0, 0.05) is 23.2 Å². The first-order chi connectivity index (χ1) is 37.3. The van der Waals surface area contributed by atoms with Crippen LogP contribution in [0, 0.1) is 5.92 Å². The molecule has 3 heterocycles. The minimum absolute atomic E-state index is 0.0242. The fourth-order valence-electron chi connectivity index (χ4n) is 8.66. The molecule has 0 saturated carbocycles. The van der Waals surface area contributed by atoms with E-state index in [9.17, 15) is 23.7 Å². The molecule has 0 aliphatic rings. The summed E-state index contributed by atoms with van der Waals surface area (Å²) in [6, 6.07) is 49.0. The van der Waals surface area contributed by atoms with Gasteiger partial charge in [-0.15, -0.1) is 0 Å². The van der Waals surface area contributed by atoms with Crippen molar-refractivity contribution in [2.24, 2.45) is 5.92 Å². The molecule has 0 bridgehead atoms. The maximum absolute atomic E-state index is 12.1. The van der Waals surface area contributed by atoms with E-state index in [2.05, 4.69) is 42.6 Å². The minimum atomic E-state index is -3.34. The predicted octanol–water partition coefficient (Wildman–Crippen LogP) is 15.2. The Hall–Kier alpha value is -6.74. The van der Waals surface area contributed by atoms with Crippen LogP contribution in [-0.4, -0.2) is 44.4 Å². The molecule has 0 saturated heterocycles. The van der Waals surface area contributed by atoms with Gasteiger partial charge in [0.2, 0.25) is 14.2 Å². The van der Waals surface area contributed by atoms with Crippen molar-refractivity contribution in [3.8, 4) is 17.2 Å². The number of fused-ring (bicyclic) bond motifs is 3. The molecule has 9 rings (SSSR count). The molecule has 0 spiro atoms. The molecule has 3 unspecified atom stereocenters. The Morgan fingerprint density at radius 1 is 0.519 bits per heavy atom. The van der Waals surface area contributed by atoms with E-state index >= 15 is 0 Å². The van der Waals surface area contributed by atoms with Crippen molar-refractivity contribution in [2.45, 2.75) is 128 Å². The molecule has 404 valence electrons. The molecular formula is C64H73N3O8S2. The Labute approximate surface area is 458 Å². The number of para-hydroxylation sites is 2. The van der Waals surface area contributed by atoms with Crippen LogP contribution in [0.3, 0.4) is 0 Å². The van der Waals surface area contributed by atoms with E-state index in [1.165, 1.54) is 0 Å². The molecule has 3 atom stereocenters. The molecule has 3 aromatic heterocycles. The summed E-state index contributed by atoms with van der Waals surface area (Å²) < 4.78 is 43.1. The number of benzene rings is 6. The largest absolute Gasteiger partial charge is 0.487 e. The highest BCUT2D eigenvalue weighted by atomic mass is 32.2. The van der Waals surface area contributed by atoms with E-state index in [0.717, 1.165) is 134 Å². The quantitative estimate of drug-likeness (QED) is 0.0523. The van der Waals surface area contributed by atoms with Crippen LogP contribution in [0.25, 0.3) is 32.0 Å². The molecular weight excluding hydrogens is 1000 g/mol. The fourth-order valence-corrected chi connectivity index (χ4v) is 11.0. The first kappa shape index (κ1) is 58.0. The van der Waals surface area contributed by atoms with Crippen LogP contribution in [0.4, 0.5) is 0 Å². The number of pyridine rings is 2. The number of aliphatic hydroxyl groups is 3. The van der Waals surface area contributed by atoms with Crippen LogP contribution in [0.2, 0.25) is 0 Å². The molecule has 0 amide bonds. The number of hydrogen-bond donors (Lipinski definition) is 3. The van der Waals surface area contributed by atoms with Gasteiger partial charge in [-0.25, -0.2) is 13.4 Å². The Morgan fingerprint density at radius 2 is 1.01 bits per heavy atom. The van der Waals surface area contributed by atoms with E-state index in [1.807, 2.05) is 146 Å². The summed E-state index contributed by atoms with van der Waals surface area (Å²) in [7, 11) is -3.34. The standard InChI is InChI=1S/C22H27NO4S2.2C21H23NO2/c1-3-5-6-12-19(24)17-10-7-9-16(14-17)15-27-20-13-8-11-18-21(20)28-22(23-18)29(25,26)4-2;1-15(2)12-19(23)18-8-3-6-16(13-18)14-24-20-10-4-7-17-9-5-11-22-21(17)20;1-2-3-8-19(23)17-12-10-16(11-13-17)15-24-20-9-4-6-18-7-5-14-22-21(18)20/h7-11,13-14,19,24H,3-6,12,15H2,1-2H3;3-11,13,15,19,23H,12,14H2,1-2H3;4-7,9-14,19,23H,2-3,8,15H2,1H3. The van der Waals surface area contributed by atoms with Gasteiger partial charge in [-0.3, -0.25) is 9.97 Å². The van der Waals surface area contributed by atoms with Gasteiger partial charge >= 0.3 is 0 Å². The van der Waals surface area contributed by atoms with Gasteiger partial charge in [-0.05, 0) is 107 Å². The number of aliphatic hydroxyl groups excluding tert-OH is 3. The lowest BCUT2D eigenvalue weighted by Crippen LogP contribution is -2.03. The average molecular weight is 1080 g/mol. The average Bonchev–Trinajstić information content (AvgIpc) is 3.93. The van der Waals surface area contributed by atoms with Crippen LogP contribution in [0.15, 0.2) is 168 Å². The Kier molecular flexibility index (Phi) is 21.9. The lowest BCUT2D eigenvalue weighted by atomic mass is 9.98. The number of hydrogen-bond acceptors (Lipinski definition) is 12. The van der Waals surface area contributed by atoms with Gasteiger partial charge < -0.3 is 29.5 Å². The zero-order chi connectivity index (χ0) is 54.6. The van der Waals surface area contributed by atoms with Crippen molar-refractivity contribution in [3.05, 3.63) is 197 Å². The number of nitrogens with zero attached hydrogens (tertiary/aromatic N) is 3. The highest BCUT2D eigenvalue weighted by Gasteiger charge is 2.20. The number of aromatic nitrogens is 3. The van der Waals surface area contributed by atoms with Crippen LogP contribution in [0.1, 0.15) is 138 Å². The van der Waals surface area contributed by atoms with Gasteiger partial charge in [-0.1, -0.05) is 181 Å². The number of unbranched alkanes of at least 4 members (excludes halogenated alkanes) is 3. The third-order valence-electron chi connectivity index (χ3n) is 13.0. The van der Waals surface area contributed by atoms with Gasteiger partial charge in [0.25, 0.3) is 0 Å². The third kappa shape index (κ3) is 16.9. The zero-order valence-corrected chi connectivity index (χ0v) is 46.6. The van der Waals surface area contributed by atoms with Crippen molar-refractivity contribution < 1.29 is 37.9 Å². The molecule has 0 aliphatic heterocycles. The summed E-state index contributed by atoms with van der Waals surface area (Å²) in [5, 5.41) is 33.0. The second-order valence-corrected chi connectivity index (χ2v) is 23.0. The highest BCUT2D eigenvalue weighted by Crippen LogP contribution is 2.35. The van der Waals surface area contributed by atoms with E-state index in [1.54, 1.807) is 25.4 Å². The summed E-state index contributed by atoms with van der Waals surface area (Å²) in [6.07, 6.45) is 10.0. The van der Waals surface area contributed by atoms with Crippen LogP contribution in [-0.2, 0) is 29.7 Å². The van der Waals surface area contributed by atoms with Crippen LogP contribution in [0.5, 0.6) is 17.2 Å². The van der Waals surface area contributed by atoms with E-state index in [-0.39, 0.29) is 16.2 Å². The maximum atomic E-state index is 12.1. The zero-order valence-electron chi connectivity index (χ0n) is 44.9. The lowest BCUT2D eigenvalue weighted by molar-refractivity contribution is 0.151. The number of ether oxygens (including phenoxy) is 3. The van der Waals surface area contributed by atoms with Gasteiger partial charge in [0.05, 0.1) is 34.3 Å². The van der Waals surface area contributed by atoms with E-state index in [4.69, 9.17) is 14.2 Å². The molecule has 3 N–H and O–H groups in total. The van der Waals surface area contributed by atoms with E-state index < -0.39 is 22.0 Å². The lowest BCUT2D eigenvalue weighted by Gasteiger charge is -2.15. The summed E-state index contributed by atoms with van der Waals surface area (Å²) in [5.74, 6) is 2.67. The van der Waals surface area contributed by atoms with Crippen molar-refractivity contribution in [2.75, 3.05) is 5.75 Å². The highest BCUT2D eigenvalue weighted by molar-refractivity contribution is 7.93. The molecule has 11 nitrogen and oxygen atoms in total. The monoisotopic (exact) mass is 1080 g/mol. The van der Waals surface area contributed by atoms with E-state index in [0.29, 0.717) is 37.0 Å². The fraction of sp³-hybridized carbons (Fsp3) is 0.328. The van der Waals surface area contributed by atoms with Gasteiger partial charge in [0.15, 0.2) is 0 Å². The molecule has 0 aliphatic carbocycles. The van der Waals surface area contributed by atoms with Gasteiger partial charge in [-0.2, -0.15) is 0 Å².